The Morgan fingerprint density at radius 3 is 1.42 bits per heavy atom. The second-order valence-corrected chi connectivity index (χ2v) is 4.91. The molecule has 0 amide bonds. The van der Waals surface area contributed by atoms with Gasteiger partial charge in [0.15, 0.2) is 0 Å². The number of rotatable bonds is 6. The predicted molar refractivity (Wildman–Crippen MR) is 86.8 cm³/mol. The Balaban J connectivity index is 1.71. The second kappa shape index (κ2) is 7.26. The number of hydrogen-bond donors (Lipinski definition) is 2. The van der Waals surface area contributed by atoms with Crippen LogP contribution < -0.4 is 9.47 Å². The number of hydrogen-bond acceptors (Lipinski definition) is 7. The molecule has 1 aromatic heterocycles. The molecule has 0 unspecified atom stereocenters. The van der Waals surface area contributed by atoms with E-state index in [0.29, 0.717) is 11.5 Å². The van der Waals surface area contributed by atoms with Crippen molar-refractivity contribution in [1.82, 2.24) is 15.0 Å². The fraction of sp³-hybridized carbons (Fsp3) is 0. The summed E-state index contributed by atoms with van der Waals surface area (Å²) in [7, 11) is 0. The van der Waals surface area contributed by atoms with Crippen molar-refractivity contribution < 1.29 is 29.3 Å². The minimum absolute atomic E-state index is 0.0415. The Kier molecular flexibility index (Phi) is 4.70. The molecule has 0 aliphatic heterocycles. The van der Waals surface area contributed by atoms with Crippen molar-refractivity contribution in [2.24, 2.45) is 0 Å². The van der Waals surface area contributed by atoms with Crippen molar-refractivity contribution in [2.45, 2.75) is 0 Å². The van der Waals surface area contributed by atoms with E-state index >= 15 is 0 Å². The summed E-state index contributed by atoms with van der Waals surface area (Å²) >= 11 is 0. The largest absolute Gasteiger partial charge is 0.478 e. The molecule has 0 spiro atoms. The minimum Gasteiger partial charge on any atom is -0.478 e. The average Bonchev–Trinajstić information content (AvgIpc) is 2.63. The van der Waals surface area contributed by atoms with Gasteiger partial charge in [-0.25, -0.2) is 9.59 Å². The number of aromatic carboxylic acids is 2. The van der Waals surface area contributed by atoms with Gasteiger partial charge in [-0.05, 0) is 48.5 Å². The van der Waals surface area contributed by atoms with E-state index < -0.39 is 11.9 Å². The van der Waals surface area contributed by atoms with E-state index in [-0.39, 0.29) is 23.1 Å². The zero-order chi connectivity index (χ0) is 18.5. The number of benzene rings is 2. The zero-order valence-corrected chi connectivity index (χ0v) is 13.1. The van der Waals surface area contributed by atoms with E-state index in [9.17, 15) is 9.59 Å². The van der Waals surface area contributed by atoms with Crippen molar-refractivity contribution in [3.8, 4) is 23.5 Å². The lowest BCUT2D eigenvalue weighted by Gasteiger charge is -2.06. The molecule has 0 atom stereocenters. The van der Waals surface area contributed by atoms with Gasteiger partial charge in [0.1, 0.15) is 17.8 Å². The Labute approximate surface area is 146 Å². The fourth-order valence-electron chi connectivity index (χ4n) is 1.91. The molecule has 26 heavy (non-hydrogen) atoms. The molecule has 0 aliphatic carbocycles. The van der Waals surface area contributed by atoms with Gasteiger partial charge in [0.2, 0.25) is 0 Å². The second-order valence-electron chi connectivity index (χ2n) is 4.91. The smallest absolute Gasteiger partial charge is 0.335 e. The third-order valence-corrected chi connectivity index (χ3v) is 3.15. The SMILES string of the molecule is O=C(O)c1ccc(Oc2ncnc(Oc3ccc(C(=O)O)cc3)n2)cc1. The molecule has 3 aromatic rings. The van der Waals surface area contributed by atoms with Gasteiger partial charge >= 0.3 is 24.0 Å². The van der Waals surface area contributed by atoms with Gasteiger partial charge in [0.25, 0.3) is 0 Å². The van der Waals surface area contributed by atoms with Gasteiger partial charge in [-0.15, -0.1) is 4.98 Å². The van der Waals surface area contributed by atoms with Gasteiger partial charge in [0.05, 0.1) is 11.1 Å². The van der Waals surface area contributed by atoms with Crippen LogP contribution in [0.25, 0.3) is 0 Å². The molecule has 0 saturated heterocycles. The normalized spacial score (nSPS) is 10.2. The first-order chi connectivity index (χ1) is 12.5. The number of aromatic nitrogens is 3. The number of carboxylic acid groups (broad SMARTS) is 2. The monoisotopic (exact) mass is 353 g/mol. The Bertz CT molecular complexity index is 867. The zero-order valence-electron chi connectivity index (χ0n) is 13.1. The topological polar surface area (TPSA) is 132 Å². The Hall–Kier alpha value is -4.01. The number of nitrogens with zero attached hydrogens (tertiary/aromatic N) is 3. The van der Waals surface area contributed by atoms with E-state index in [1.807, 2.05) is 0 Å². The lowest BCUT2D eigenvalue weighted by atomic mass is 10.2. The lowest BCUT2D eigenvalue weighted by molar-refractivity contribution is 0.0686. The third kappa shape index (κ3) is 4.09. The molecule has 9 nitrogen and oxygen atoms in total. The highest BCUT2D eigenvalue weighted by Crippen LogP contribution is 2.22. The van der Waals surface area contributed by atoms with Gasteiger partial charge in [-0.1, -0.05) is 0 Å². The third-order valence-electron chi connectivity index (χ3n) is 3.15. The molecule has 0 bridgehead atoms. The fourth-order valence-corrected chi connectivity index (χ4v) is 1.91. The van der Waals surface area contributed by atoms with Crippen LogP contribution in [-0.4, -0.2) is 37.1 Å². The van der Waals surface area contributed by atoms with E-state index in [0.717, 1.165) is 0 Å². The van der Waals surface area contributed by atoms with Gasteiger partial charge in [-0.2, -0.15) is 9.97 Å². The van der Waals surface area contributed by atoms with Crippen molar-refractivity contribution in [1.29, 1.82) is 0 Å². The molecule has 0 aliphatic rings. The summed E-state index contributed by atoms with van der Waals surface area (Å²) in [6.45, 7) is 0. The van der Waals surface area contributed by atoms with Crippen molar-refractivity contribution in [2.75, 3.05) is 0 Å². The predicted octanol–water partition coefficient (Wildman–Crippen LogP) is 2.85. The van der Waals surface area contributed by atoms with E-state index in [1.54, 1.807) is 0 Å². The first-order valence-electron chi connectivity index (χ1n) is 7.23. The molecule has 0 saturated carbocycles. The quantitative estimate of drug-likeness (QED) is 0.686. The van der Waals surface area contributed by atoms with Crippen LogP contribution in [0.2, 0.25) is 0 Å². The highest BCUT2D eigenvalue weighted by atomic mass is 16.5. The number of ether oxygens (including phenoxy) is 2. The minimum atomic E-state index is -1.04. The Morgan fingerprint density at radius 2 is 1.08 bits per heavy atom. The highest BCUT2D eigenvalue weighted by molar-refractivity contribution is 5.88. The lowest BCUT2D eigenvalue weighted by Crippen LogP contribution is -1.99. The van der Waals surface area contributed by atoms with Crippen LogP contribution in [0.1, 0.15) is 20.7 Å². The molecule has 0 radical (unpaired) electrons. The first-order valence-corrected chi connectivity index (χ1v) is 7.23. The average molecular weight is 353 g/mol. The molecular weight excluding hydrogens is 342 g/mol. The molecule has 2 aromatic carbocycles. The van der Waals surface area contributed by atoms with Crippen LogP contribution in [0.3, 0.4) is 0 Å². The van der Waals surface area contributed by atoms with Crippen LogP contribution in [0.4, 0.5) is 0 Å². The van der Waals surface area contributed by atoms with Gasteiger partial charge in [0, 0.05) is 0 Å². The molecule has 1 heterocycles. The van der Waals surface area contributed by atoms with Crippen LogP contribution in [0.15, 0.2) is 54.9 Å². The summed E-state index contributed by atoms with van der Waals surface area (Å²) in [5.41, 5.74) is 0.253. The Morgan fingerprint density at radius 1 is 0.692 bits per heavy atom. The number of carbonyl (C=O) groups is 2. The molecule has 9 heteroatoms. The van der Waals surface area contributed by atoms with E-state index in [4.69, 9.17) is 19.7 Å². The first kappa shape index (κ1) is 16.8. The van der Waals surface area contributed by atoms with Crippen LogP contribution in [0, 0.1) is 0 Å². The maximum atomic E-state index is 10.8. The summed E-state index contributed by atoms with van der Waals surface area (Å²) < 4.78 is 10.9. The summed E-state index contributed by atoms with van der Waals surface area (Å²) in [5.74, 6) is -1.39. The standard InChI is InChI=1S/C17H11N3O6/c21-14(22)10-1-5-12(6-2-10)25-16-18-9-19-17(20-16)26-13-7-3-11(4-8-13)15(23)24/h1-9H,(H,21,22)(H,23,24). The molecule has 3 rings (SSSR count). The summed E-state index contributed by atoms with van der Waals surface area (Å²) in [5, 5.41) is 17.7. The van der Waals surface area contributed by atoms with E-state index in [2.05, 4.69) is 15.0 Å². The highest BCUT2D eigenvalue weighted by Gasteiger charge is 2.08. The maximum Gasteiger partial charge on any atom is 0.335 e. The van der Waals surface area contributed by atoms with Gasteiger partial charge < -0.3 is 19.7 Å². The van der Waals surface area contributed by atoms with Crippen LogP contribution >= 0.6 is 0 Å². The van der Waals surface area contributed by atoms with Crippen LogP contribution in [0.5, 0.6) is 23.5 Å². The summed E-state index contributed by atoms with van der Waals surface area (Å²) in [6.07, 6.45) is 1.19. The van der Waals surface area contributed by atoms with E-state index in [1.165, 1.54) is 54.9 Å². The summed E-state index contributed by atoms with van der Waals surface area (Å²) in [6, 6.07) is 11.4. The van der Waals surface area contributed by atoms with Gasteiger partial charge in [-0.3, -0.25) is 0 Å². The number of carboxylic acids is 2. The summed E-state index contributed by atoms with van der Waals surface area (Å²) in [4.78, 5) is 33.3. The van der Waals surface area contributed by atoms with Crippen molar-refractivity contribution in [3.05, 3.63) is 66.0 Å². The maximum absolute atomic E-state index is 10.8. The van der Waals surface area contributed by atoms with Crippen molar-refractivity contribution in [3.63, 3.8) is 0 Å². The van der Waals surface area contributed by atoms with Crippen LogP contribution in [-0.2, 0) is 0 Å². The molecule has 130 valence electrons. The molecule has 2 N–H and O–H groups in total. The van der Waals surface area contributed by atoms with Crippen molar-refractivity contribution >= 4 is 11.9 Å². The molecule has 0 fully saturated rings. The molecular formula is C17H11N3O6.